The van der Waals surface area contributed by atoms with Crippen LogP contribution in [0.3, 0.4) is 0 Å². The van der Waals surface area contributed by atoms with Gasteiger partial charge in [-0.2, -0.15) is 4.72 Å². The minimum absolute atomic E-state index is 0. The third kappa shape index (κ3) is 8.98. The number of sulfonamides is 1. The van der Waals surface area contributed by atoms with E-state index in [4.69, 9.17) is 4.74 Å². The van der Waals surface area contributed by atoms with Gasteiger partial charge in [0.2, 0.25) is 15.9 Å². The SMILES string of the molecule is CCC(=O)Nc1c(-c2cccc(C)c2)cccc1S(=O)(=O)NC(CCCc1nc[nH]c1C)C(=O)OC(=O)C1CCCCN1.Cl. The van der Waals surface area contributed by atoms with Crippen molar-refractivity contribution < 1.29 is 27.5 Å². The molecule has 1 aliphatic rings. The Labute approximate surface area is 264 Å². The fraction of sp³-hybridized carbons (Fsp3) is 0.419. The number of halogens is 1. The number of carbonyl (C=O) groups is 3. The van der Waals surface area contributed by atoms with Gasteiger partial charge in [0.25, 0.3) is 0 Å². The first-order valence-electron chi connectivity index (χ1n) is 14.6. The van der Waals surface area contributed by atoms with Gasteiger partial charge in [0.15, 0.2) is 0 Å². The summed E-state index contributed by atoms with van der Waals surface area (Å²) in [6, 6.07) is 10.2. The summed E-state index contributed by atoms with van der Waals surface area (Å²) in [6.45, 7) is 6.10. The first kappa shape index (κ1) is 34.9. The summed E-state index contributed by atoms with van der Waals surface area (Å²) in [5.41, 5.74) is 3.98. The van der Waals surface area contributed by atoms with Crippen LogP contribution in [-0.2, 0) is 35.6 Å². The number of aryl methyl sites for hydroxylation is 3. The highest BCUT2D eigenvalue weighted by Gasteiger charge is 2.33. The summed E-state index contributed by atoms with van der Waals surface area (Å²) in [5.74, 6) is -2.07. The Bertz CT molecular complexity index is 1570. The molecule has 3 aromatic rings. The number of hydrogen-bond donors (Lipinski definition) is 4. The van der Waals surface area contributed by atoms with E-state index < -0.39 is 34.0 Å². The van der Waals surface area contributed by atoms with E-state index in [2.05, 4.69) is 25.3 Å². The van der Waals surface area contributed by atoms with Gasteiger partial charge in [-0.3, -0.25) is 4.79 Å². The molecule has 0 saturated carbocycles. The number of carbonyl (C=O) groups excluding carboxylic acids is 3. The number of anilines is 1. The topological polar surface area (TPSA) is 159 Å². The van der Waals surface area contributed by atoms with Gasteiger partial charge in [-0.25, -0.2) is 23.0 Å². The van der Waals surface area contributed by atoms with Gasteiger partial charge >= 0.3 is 11.9 Å². The number of imidazole rings is 1. The molecule has 1 amide bonds. The van der Waals surface area contributed by atoms with Crippen LogP contribution in [0.1, 0.15) is 62.4 Å². The molecule has 0 aliphatic carbocycles. The van der Waals surface area contributed by atoms with Crippen LogP contribution in [0.2, 0.25) is 0 Å². The van der Waals surface area contributed by atoms with Gasteiger partial charge in [-0.1, -0.05) is 55.3 Å². The zero-order valence-corrected chi connectivity index (χ0v) is 26.8. The van der Waals surface area contributed by atoms with E-state index >= 15 is 0 Å². The fourth-order valence-corrected chi connectivity index (χ4v) is 6.45. The molecular formula is C31H40ClN5O6S. The third-order valence-electron chi connectivity index (χ3n) is 7.45. The molecular weight excluding hydrogens is 606 g/mol. The van der Waals surface area contributed by atoms with Gasteiger partial charge < -0.3 is 20.4 Å². The van der Waals surface area contributed by atoms with Crippen LogP contribution >= 0.6 is 12.4 Å². The molecule has 1 fully saturated rings. The summed E-state index contributed by atoms with van der Waals surface area (Å²) < 4.78 is 35.6. The van der Waals surface area contributed by atoms with E-state index in [0.29, 0.717) is 31.4 Å². The maximum Gasteiger partial charge on any atom is 0.331 e. The van der Waals surface area contributed by atoms with Crippen LogP contribution in [0.5, 0.6) is 0 Å². The molecule has 0 bridgehead atoms. The number of aromatic nitrogens is 2. The average Bonchev–Trinajstić information content (AvgIpc) is 3.41. The van der Waals surface area contributed by atoms with Gasteiger partial charge in [-0.05, 0) is 64.1 Å². The number of nitrogens with one attached hydrogen (secondary N) is 4. The summed E-state index contributed by atoms with van der Waals surface area (Å²) in [4.78, 5) is 45.7. The van der Waals surface area contributed by atoms with Gasteiger partial charge in [-0.15, -0.1) is 12.4 Å². The monoisotopic (exact) mass is 645 g/mol. The number of H-pyrrole nitrogens is 1. The number of amides is 1. The first-order chi connectivity index (χ1) is 20.6. The molecule has 238 valence electrons. The molecule has 11 nitrogen and oxygen atoms in total. The van der Waals surface area contributed by atoms with Crippen molar-refractivity contribution >= 4 is 46.0 Å². The number of esters is 2. The summed E-state index contributed by atoms with van der Waals surface area (Å²) in [7, 11) is -4.40. The second-order valence-electron chi connectivity index (χ2n) is 10.7. The Morgan fingerprint density at radius 1 is 1.11 bits per heavy atom. The van der Waals surface area contributed by atoms with Crippen LogP contribution < -0.4 is 15.4 Å². The van der Waals surface area contributed by atoms with Crippen LogP contribution in [0, 0.1) is 13.8 Å². The molecule has 1 aliphatic heterocycles. The number of benzene rings is 2. The molecule has 0 radical (unpaired) electrons. The number of ether oxygens (including phenoxy) is 1. The van der Waals surface area contributed by atoms with E-state index in [1.807, 2.05) is 38.1 Å². The number of piperidine rings is 1. The lowest BCUT2D eigenvalue weighted by atomic mass is 10.0. The van der Waals surface area contributed by atoms with Crippen LogP contribution in [0.25, 0.3) is 11.1 Å². The predicted molar refractivity (Wildman–Crippen MR) is 170 cm³/mol. The largest absolute Gasteiger partial charge is 0.391 e. The maximum atomic E-state index is 13.9. The second-order valence-corrected chi connectivity index (χ2v) is 12.4. The maximum absolute atomic E-state index is 13.9. The number of aromatic amines is 1. The van der Waals surface area contributed by atoms with Gasteiger partial charge in [0.1, 0.15) is 17.0 Å². The van der Waals surface area contributed by atoms with Crippen LogP contribution in [-0.4, -0.2) is 54.9 Å². The Balaban J connectivity index is 0.00000529. The molecule has 1 aromatic heterocycles. The van der Waals surface area contributed by atoms with Crippen LogP contribution in [0.15, 0.2) is 53.7 Å². The average molecular weight is 646 g/mol. The lowest BCUT2D eigenvalue weighted by molar-refractivity contribution is -0.162. The number of para-hydroxylation sites is 1. The molecule has 4 N–H and O–H groups in total. The lowest BCUT2D eigenvalue weighted by Crippen LogP contribution is -2.46. The van der Waals surface area contributed by atoms with E-state index in [-0.39, 0.29) is 41.7 Å². The molecule has 44 heavy (non-hydrogen) atoms. The summed E-state index contributed by atoms with van der Waals surface area (Å²) in [5, 5.41) is 5.79. The van der Waals surface area contributed by atoms with Gasteiger partial charge in [0, 0.05) is 17.7 Å². The molecule has 4 rings (SSSR count). The highest BCUT2D eigenvalue weighted by Crippen LogP contribution is 2.34. The standard InChI is InChI=1S/C31H39N5O6S.ClH/c1-4-28(37)35-29-23(22-11-7-10-20(2)18-22)12-8-16-27(29)43(40,41)36-26(15-9-14-24-21(3)33-19-34-24)31(39)42-30(38)25-13-5-6-17-32-25;/h7-8,10-12,16,18-19,25-26,32,36H,4-6,9,13-15,17H2,1-3H3,(H,33,34)(H,35,37);1H. The van der Waals surface area contributed by atoms with E-state index in [0.717, 1.165) is 35.4 Å². The van der Waals surface area contributed by atoms with Crippen molar-refractivity contribution in [3.05, 3.63) is 65.7 Å². The highest BCUT2D eigenvalue weighted by molar-refractivity contribution is 7.89. The molecule has 2 unspecified atom stereocenters. The van der Waals surface area contributed by atoms with Gasteiger partial charge in [0.05, 0.1) is 17.7 Å². The Morgan fingerprint density at radius 3 is 2.55 bits per heavy atom. The third-order valence-corrected chi connectivity index (χ3v) is 8.96. The molecule has 2 heterocycles. The van der Waals surface area contributed by atoms with Crippen molar-refractivity contribution in [3.8, 4) is 11.1 Å². The normalized spacial score (nSPS) is 15.6. The predicted octanol–water partition coefficient (Wildman–Crippen LogP) is 4.35. The van der Waals surface area contributed by atoms with E-state index in [1.54, 1.807) is 25.4 Å². The Morgan fingerprint density at radius 2 is 1.89 bits per heavy atom. The summed E-state index contributed by atoms with van der Waals surface area (Å²) in [6.07, 6.45) is 4.93. The van der Waals surface area contributed by atoms with Crippen molar-refractivity contribution in [2.75, 3.05) is 11.9 Å². The number of rotatable bonds is 12. The Kier molecular flexibility index (Phi) is 12.6. The molecule has 13 heteroatoms. The second kappa shape index (κ2) is 15.9. The van der Waals surface area contributed by atoms with E-state index in [9.17, 15) is 22.8 Å². The minimum atomic E-state index is -4.40. The first-order valence-corrected chi connectivity index (χ1v) is 16.1. The quantitative estimate of drug-likeness (QED) is 0.167. The molecule has 2 atom stereocenters. The smallest absolute Gasteiger partial charge is 0.331 e. The van der Waals surface area contributed by atoms with Crippen LogP contribution in [0.4, 0.5) is 5.69 Å². The van der Waals surface area contributed by atoms with E-state index in [1.165, 1.54) is 6.07 Å². The highest BCUT2D eigenvalue weighted by atomic mass is 35.5. The molecule has 2 aromatic carbocycles. The minimum Gasteiger partial charge on any atom is -0.391 e. The zero-order valence-electron chi connectivity index (χ0n) is 25.1. The lowest BCUT2D eigenvalue weighted by Gasteiger charge is -2.23. The Hall–Kier alpha value is -3.58. The van der Waals surface area contributed by atoms with Crippen molar-refractivity contribution in [2.24, 2.45) is 0 Å². The zero-order chi connectivity index (χ0) is 31.0. The van der Waals surface area contributed by atoms with Crippen molar-refractivity contribution in [1.82, 2.24) is 20.0 Å². The molecule has 0 spiro atoms. The fourth-order valence-electron chi connectivity index (χ4n) is 5.05. The van der Waals surface area contributed by atoms with Crippen molar-refractivity contribution in [2.45, 2.75) is 82.7 Å². The summed E-state index contributed by atoms with van der Waals surface area (Å²) >= 11 is 0. The number of hydrogen-bond acceptors (Lipinski definition) is 8. The molecule has 1 saturated heterocycles. The number of nitrogens with zero attached hydrogens (tertiary/aromatic N) is 1. The van der Waals surface area contributed by atoms with Crippen molar-refractivity contribution in [3.63, 3.8) is 0 Å². The van der Waals surface area contributed by atoms with Crippen molar-refractivity contribution in [1.29, 1.82) is 0 Å².